The van der Waals surface area contributed by atoms with E-state index in [0.717, 1.165) is 0 Å². The Morgan fingerprint density at radius 3 is 1.44 bits per heavy atom. The molecule has 0 saturated heterocycles. The molecule has 172 valence electrons. The second-order valence-corrected chi connectivity index (χ2v) is 8.11. The molecule has 0 aliphatic heterocycles. The minimum atomic E-state index is -1.84. The van der Waals surface area contributed by atoms with E-state index in [9.17, 15) is 40.0 Å². The molecule has 0 bridgehead atoms. The summed E-state index contributed by atoms with van der Waals surface area (Å²) in [6, 6.07) is 7.88. The molecule has 4 aromatic rings. The van der Waals surface area contributed by atoms with Crippen molar-refractivity contribution in [2.45, 2.75) is 24.0 Å². The highest BCUT2D eigenvalue weighted by Crippen LogP contribution is 2.41. The lowest BCUT2D eigenvalue weighted by Crippen LogP contribution is -2.51. The summed E-state index contributed by atoms with van der Waals surface area (Å²) < 4.78 is 0. The van der Waals surface area contributed by atoms with Crippen molar-refractivity contribution in [3.8, 4) is 0 Å². The molecule has 4 N–H and O–H groups in total. The Hall–Kier alpha value is -4.42. The molecule has 2 aromatic carbocycles. The fourth-order valence-corrected chi connectivity index (χ4v) is 4.66. The number of non-ortho nitro benzene ring substituents is 2. The molecule has 2 aromatic heterocycles. The molecule has 1 saturated carbocycles. The van der Waals surface area contributed by atoms with Crippen molar-refractivity contribution in [1.29, 1.82) is 0 Å². The molecule has 4 atom stereocenters. The Bertz CT molecular complexity index is 1410. The number of nitrogens with one attached hydrogen (secondary N) is 2. The lowest BCUT2D eigenvalue weighted by Gasteiger charge is -2.34. The van der Waals surface area contributed by atoms with Crippen LogP contribution < -0.4 is 0 Å². The summed E-state index contributed by atoms with van der Waals surface area (Å²) in [5.74, 6) is -4.59. The summed E-state index contributed by atoms with van der Waals surface area (Å²) in [5, 5.41) is 44.6. The molecule has 5 rings (SSSR count). The van der Waals surface area contributed by atoms with E-state index in [1.807, 2.05) is 0 Å². The number of nitro groups is 2. The number of aliphatic hydroxyl groups excluding tert-OH is 2. The van der Waals surface area contributed by atoms with Crippen LogP contribution in [0.1, 0.15) is 23.0 Å². The predicted molar refractivity (Wildman–Crippen MR) is 117 cm³/mol. The number of carbonyl (C=O) groups excluding carboxylic acids is 2. The van der Waals surface area contributed by atoms with Crippen LogP contribution in [0.5, 0.6) is 0 Å². The van der Waals surface area contributed by atoms with Gasteiger partial charge in [-0.3, -0.25) is 29.8 Å². The molecular weight excluding hydrogens is 448 g/mol. The maximum Gasteiger partial charge on any atom is 0.270 e. The Balaban J connectivity index is 1.59. The van der Waals surface area contributed by atoms with Crippen LogP contribution in [0.3, 0.4) is 0 Å². The number of Topliss-reactive ketones (excluding diaryl/α,β-unsaturated/α-hetero) is 2. The zero-order chi connectivity index (χ0) is 24.3. The fourth-order valence-electron chi connectivity index (χ4n) is 4.66. The smallest absolute Gasteiger partial charge is 0.270 e. The quantitative estimate of drug-likeness (QED) is 0.261. The van der Waals surface area contributed by atoms with Crippen molar-refractivity contribution in [2.24, 2.45) is 0 Å². The zero-order valence-corrected chi connectivity index (χ0v) is 17.2. The lowest BCUT2D eigenvalue weighted by atomic mass is 9.70. The van der Waals surface area contributed by atoms with Gasteiger partial charge in [-0.1, -0.05) is 0 Å². The highest BCUT2D eigenvalue weighted by molar-refractivity contribution is 6.10. The SMILES string of the molecule is O=C1C(O)C(c2c[nH]c3ccc([N+](=O)[O-])cc23)C(=O)C(O)C1c1c[nH]c2ccc([N+](=O)[O-])cc12. The molecule has 0 spiro atoms. The third kappa shape index (κ3) is 3.08. The molecule has 34 heavy (non-hydrogen) atoms. The van der Waals surface area contributed by atoms with Gasteiger partial charge in [0.05, 0.1) is 21.7 Å². The zero-order valence-electron chi connectivity index (χ0n) is 17.2. The molecule has 12 heteroatoms. The molecule has 0 amide bonds. The minimum absolute atomic E-state index is 0.150. The van der Waals surface area contributed by atoms with Crippen LogP contribution in [0.4, 0.5) is 11.4 Å². The van der Waals surface area contributed by atoms with Crippen molar-refractivity contribution in [1.82, 2.24) is 9.97 Å². The number of hydrogen-bond donors (Lipinski definition) is 4. The van der Waals surface area contributed by atoms with Gasteiger partial charge in [-0.25, -0.2) is 0 Å². The number of nitro benzene ring substituents is 2. The number of carbonyl (C=O) groups is 2. The monoisotopic (exact) mass is 464 g/mol. The van der Waals surface area contributed by atoms with Crippen molar-refractivity contribution < 1.29 is 29.6 Å². The van der Waals surface area contributed by atoms with Crippen molar-refractivity contribution in [3.05, 3.63) is 80.1 Å². The van der Waals surface area contributed by atoms with Crippen molar-refractivity contribution >= 4 is 44.7 Å². The standard InChI is InChI=1S/C22H16N4O8/c27-19-17(13-7-23-15-3-1-9(25(31)32)5-11(13)15)20(28)22(30)18(21(19)29)14-8-24-16-4-2-10(26(33)34)6-12(14)16/h1-8,17-19,22-24,27,30H. The van der Waals surface area contributed by atoms with E-state index in [0.29, 0.717) is 11.0 Å². The number of rotatable bonds is 4. The van der Waals surface area contributed by atoms with E-state index in [4.69, 9.17) is 0 Å². The second-order valence-electron chi connectivity index (χ2n) is 8.11. The Labute approximate surface area is 189 Å². The minimum Gasteiger partial charge on any atom is -0.384 e. The van der Waals surface area contributed by atoms with E-state index in [-0.39, 0.29) is 33.3 Å². The number of H-pyrrole nitrogens is 2. The van der Waals surface area contributed by atoms with Gasteiger partial charge in [-0.15, -0.1) is 0 Å². The molecule has 1 fully saturated rings. The first-order valence-corrected chi connectivity index (χ1v) is 10.1. The molecule has 4 unspecified atom stereocenters. The summed E-state index contributed by atoms with van der Waals surface area (Å²) in [5.41, 5.74) is 0.725. The van der Waals surface area contributed by atoms with Gasteiger partial charge >= 0.3 is 0 Å². The van der Waals surface area contributed by atoms with Crippen molar-refractivity contribution in [2.75, 3.05) is 0 Å². The van der Waals surface area contributed by atoms with Gasteiger partial charge in [-0.05, 0) is 23.3 Å². The van der Waals surface area contributed by atoms with E-state index < -0.39 is 45.5 Å². The Morgan fingerprint density at radius 2 is 1.09 bits per heavy atom. The van der Waals surface area contributed by atoms with Crippen LogP contribution >= 0.6 is 0 Å². The molecule has 12 nitrogen and oxygen atoms in total. The number of nitrogens with zero attached hydrogens (tertiary/aromatic N) is 2. The number of hydrogen-bond acceptors (Lipinski definition) is 8. The molecule has 2 heterocycles. The largest absolute Gasteiger partial charge is 0.384 e. The van der Waals surface area contributed by atoms with E-state index in [2.05, 4.69) is 9.97 Å². The third-order valence-corrected chi connectivity index (χ3v) is 6.31. The first kappa shape index (κ1) is 21.4. The third-order valence-electron chi connectivity index (χ3n) is 6.31. The van der Waals surface area contributed by atoms with Gasteiger partial charge in [0.1, 0.15) is 12.2 Å². The predicted octanol–water partition coefficient (Wildman–Crippen LogP) is 2.21. The average molecular weight is 464 g/mol. The number of aromatic nitrogens is 2. The van der Waals surface area contributed by atoms with Gasteiger partial charge in [0.15, 0.2) is 11.6 Å². The first-order valence-electron chi connectivity index (χ1n) is 10.1. The molecule has 1 aliphatic carbocycles. The van der Waals surface area contributed by atoms with E-state index >= 15 is 0 Å². The Kier molecular flexibility index (Phi) is 4.77. The Morgan fingerprint density at radius 1 is 0.706 bits per heavy atom. The lowest BCUT2D eigenvalue weighted by molar-refractivity contribution is -0.384. The maximum absolute atomic E-state index is 13.2. The highest BCUT2D eigenvalue weighted by atomic mass is 16.6. The number of fused-ring (bicyclic) bond motifs is 2. The maximum atomic E-state index is 13.2. The topological polar surface area (TPSA) is 192 Å². The van der Waals surface area contributed by atoms with Crippen LogP contribution in [0.15, 0.2) is 48.8 Å². The average Bonchev–Trinajstić information content (AvgIpc) is 3.42. The summed E-state index contributed by atoms with van der Waals surface area (Å²) in [7, 11) is 0. The molecular formula is C22H16N4O8. The van der Waals surface area contributed by atoms with Crippen LogP contribution in [0.25, 0.3) is 21.8 Å². The summed E-state index contributed by atoms with van der Waals surface area (Å²) >= 11 is 0. The molecule has 0 radical (unpaired) electrons. The first-order chi connectivity index (χ1) is 16.2. The second kappa shape index (κ2) is 7.57. The number of ketones is 2. The summed E-state index contributed by atoms with van der Waals surface area (Å²) in [4.78, 5) is 53.3. The van der Waals surface area contributed by atoms with Gasteiger partial charge in [0.2, 0.25) is 0 Å². The van der Waals surface area contributed by atoms with E-state index in [1.54, 1.807) is 0 Å². The molecule has 1 aliphatic rings. The highest BCUT2D eigenvalue weighted by Gasteiger charge is 2.51. The fraction of sp³-hybridized carbons (Fsp3) is 0.182. The summed E-state index contributed by atoms with van der Waals surface area (Å²) in [6.07, 6.45) is -0.948. The van der Waals surface area contributed by atoms with Crippen LogP contribution in [0.2, 0.25) is 0 Å². The number of benzene rings is 2. The number of aliphatic hydroxyl groups is 2. The van der Waals surface area contributed by atoms with Crippen LogP contribution in [-0.2, 0) is 9.59 Å². The van der Waals surface area contributed by atoms with Crippen LogP contribution in [-0.4, -0.2) is 53.8 Å². The van der Waals surface area contributed by atoms with Gasteiger partial charge in [0.25, 0.3) is 11.4 Å². The van der Waals surface area contributed by atoms with Crippen LogP contribution in [0, 0.1) is 20.2 Å². The normalized spacial score (nSPS) is 23.0. The van der Waals surface area contributed by atoms with E-state index in [1.165, 1.54) is 48.8 Å². The van der Waals surface area contributed by atoms with Crippen molar-refractivity contribution in [3.63, 3.8) is 0 Å². The van der Waals surface area contributed by atoms with Gasteiger partial charge in [-0.2, -0.15) is 0 Å². The van der Waals surface area contributed by atoms with Gasteiger partial charge in [0, 0.05) is 58.5 Å². The van der Waals surface area contributed by atoms with Gasteiger partial charge < -0.3 is 20.2 Å². The number of aromatic amines is 2. The summed E-state index contributed by atoms with van der Waals surface area (Å²) in [6.45, 7) is 0.